The van der Waals surface area contributed by atoms with Crippen molar-refractivity contribution < 1.29 is 4.79 Å². The number of nitrogens with two attached hydrogens (primary N) is 1. The molecular formula is C23H20N8O2. The maximum Gasteiger partial charge on any atom is 0.266 e. The highest BCUT2D eigenvalue weighted by molar-refractivity contribution is 6.04. The number of hydrogen-bond acceptors (Lipinski definition) is 7. The molecule has 3 aromatic heterocycles. The Balaban J connectivity index is 1.64. The molecule has 3 heterocycles. The van der Waals surface area contributed by atoms with Crippen LogP contribution in [0.2, 0.25) is 0 Å². The van der Waals surface area contributed by atoms with Crippen LogP contribution in [0.1, 0.15) is 34.7 Å². The third-order valence-corrected chi connectivity index (χ3v) is 5.42. The Kier molecular flexibility index (Phi) is 4.82. The molecule has 164 valence electrons. The van der Waals surface area contributed by atoms with Crippen LogP contribution < -0.4 is 16.6 Å². The molecule has 0 bridgehead atoms. The van der Waals surface area contributed by atoms with Gasteiger partial charge in [-0.1, -0.05) is 30.3 Å². The lowest BCUT2D eigenvalue weighted by atomic mass is 10.1. The van der Waals surface area contributed by atoms with E-state index in [1.165, 1.54) is 21.6 Å². The van der Waals surface area contributed by atoms with Crippen molar-refractivity contribution in [2.45, 2.75) is 19.9 Å². The standard InChI is InChI=1S/C23H20N8O2/c1-13-7-6-10-16-17(13)23(33)30(15-8-4-3-5-9-15)20(28-16)14(2)27-22(32)18-19(24)29-31-21(18)25-11-12-26-31/h3-12,14H,1-2H3,(H2,24,29)(H,27,32)/t14-/m0/s1. The van der Waals surface area contributed by atoms with E-state index in [1.807, 2.05) is 49.4 Å². The van der Waals surface area contributed by atoms with Crippen molar-refractivity contribution in [3.63, 3.8) is 0 Å². The Bertz CT molecular complexity index is 1570. The zero-order chi connectivity index (χ0) is 23.1. The Morgan fingerprint density at radius 2 is 1.88 bits per heavy atom. The molecule has 10 nitrogen and oxygen atoms in total. The Morgan fingerprint density at radius 3 is 2.67 bits per heavy atom. The molecular weight excluding hydrogens is 420 g/mol. The van der Waals surface area contributed by atoms with Crippen LogP contribution >= 0.6 is 0 Å². The molecule has 1 atom stereocenters. The van der Waals surface area contributed by atoms with E-state index in [4.69, 9.17) is 10.7 Å². The van der Waals surface area contributed by atoms with Gasteiger partial charge < -0.3 is 11.1 Å². The Morgan fingerprint density at radius 1 is 1.09 bits per heavy atom. The van der Waals surface area contributed by atoms with Crippen LogP contribution in [0.4, 0.5) is 5.82 Å². The molecule has 5 aromatic rings. The van der Waals surface area contributed by atoms with Gasteiger partial charge in [-0.15, -0.1) is 9.73 Å². The van der Waals surface area contributed by atoms with Crippen LogP contribution in [0.25, 0.3) is 22.2 Å². The van der Waals surface area contributed by atoms with Gasteiger partial charge in [0.25, 0.3) is 11.5 Å². The van der Waals surface area contributed by atoms with Crippen molar-refractivity contribution in [2.24, 2.45) is 0 Å². The van der Waals surface area contributed by atoms with Crippen LogP contribution in [0.15, 0.2) is 65.7 Å². The molecule has 0 radical (unpaired) electrons. The van der Waals surface area contributed by atoms with E-state index < -0.39 is 11.9 Å². The third-order valence-electron chi connectivity index (χ3n) is 5.42. The molecule has 3 N–H and O–H groups in total. The molecule has 0 spiro atoms. The molecule has 0 saturated heterocycles. The fourth-order valence-electron chi connectivity index (χ4n) is 3.89. The average Bonchev–Trinajstić information content (AvgIpc) is 3.15. The summed E-state index contributed by atoms with van der Waals surface area (Å²) in [6, 6.07) is 14.1. The molecule has 0 fully saturated rings. The van der Waals surface area contributed by atoms with Crippen molar-refractivity contribution in [1.29, 1.82) is 0 Å². The number of anilines is 1. The molecule has 0 aliphatic heterocycles. The van der Waals surface area contributed by atoms with E-state index >= 15 is 0 Å². The minimum Gasteiger partial charge on any atom is -0.381 e. The van der Waals surface area contributed by atoms with Crippen molar-refractivity contribution in [2.75, 3.05) is 5.73 Å². The predicted octanol–water partition coefficient (Wildman–Crippen LogP) is 2.21. The molecule has 0 aliphatic carbocycles. The number of nitrogens with one attached hydrogen (secondary N) is 1. The fourth-order valence-corrected chi connectivity index (χ4v) is 3.89. The quantitative estimate of drug-likeness (QED) is 0.438. The van der Waals surface area contributed by atoms with E-state index in [1.54, 1.807) is 13.0 Å². The number of carbonyl (C=O) groups excluding carboxylic acids is 1. The first kappa shape index (κ1) is 20.3. The van der Waals surface area contributed by atoms with E-state index in [9.17, 15) is 9.59 Å². The van der Waals surface area contributed by atoms with Crippen molar-refractivity contribution in [3.05, 3.63) is 88.2 Å². The van der Waals surface area contributed by atoms with Crippen LogP contribution in [0.5, 0.6) is 0 Å². The number of fused-ring (bicyclic) bond motifs is 2. The van der Waals surface area contributed by atoms with Gasteiger partial charge in [-0.05, 0) is 37.6 Å². The molecule has 10 heteroatoms. The van der Waals surface area contributed by atoms with E-state index in [-0.39, 0.29) is 22.6 Å². The summed E-state index contributed by atoms with van der Waals surface area (Å²) < 4.78 is 2.73. The van der Waals surface area contributed by atoms with Crippen molar-refractivity contribution in [1.82, 2.24) is 34.7 Å². The Labute approximate surface area is 187 Å². The maximum absolute atomic E-state index is 13.6. The minimum absolute atomic E-state index is 0.00782. The fraction of sp³-hybridized carbons (Fsp3) is 0.130. The first-order chi connectivity index (χ1) is 16.0. The zero-order valence-corrected chi connectivity index (χ0v) is 17.9. The van der Waals surface area contributed by atoms with Gasteiger partial charge in [0.15, 0.2) is 11.5 Å². The molecule has 33 heavy (non-hydrogen) atoms. The number of rotatable bonds is 4. The summed E-state index contributed by atoms with van der Waals surface area (Å²) in [5.74, 6) is -0.0964. The second-order valence-corrected chi connectivity index (χ2v) is 7.63. The predicted molar refractivity (Wildman–Crippen MR) is 123 cm³/mol. The van der Waals surface area contributed by atoms with Gasteiger partial charge in [0.05, 0.1) is 28.8 Å². The highest BCUT2D eigenvalue weighted by Gasteiger charge is 2.24. The second-order valence-electron chi connectivity index (χ2n) is 7.63. The summed E-state index contributed by atoms with van der Waals surface area (Å²) >= 11 is 0. The first-order valence-corrected chi connectivity index (χ1v) is 10.3. The molecule has 0 saturated carbocycles. The number of hydrogen-bond donors (Lipinski definition) is 2. The van der Waals surface area contributed by atoms with E-state index in [0.717, 1.165) is 5.56 Å². The number of carbonyl (C=O) groups is 1. The largest absolute Gasteiger partial charge is 0.381 e. The SMILES string of the molecule is Cc1cccc2nc([C@H](C)NC(=O)c3c(N)nn4nccnc34)n(-c3ccccc3)c(=O)c12. The lowest BCUT2D eigenvalue weighted by Gasteiger charge is -2.20. The number of aromatic nitrogens is 6. The van der Waals surface area contributed by atoms with E-state index in [2.05, 4.69) is 20.5 Å². The summed E-state index contributed by atoms with van der Waals surface area (Å²) in [6.45, 7) is 3.63. The Hall–Kier alpha value is -4.60. The summed E-state index contributed by atoms with van der Waals surface area (Å²) in [4.78, 5) is 35.6. The van der Waals surface area contributed by atoms with Gasteiger partial charge in [0.2, 0.25) is 0 Å². The number of benzene rings is 2. The number of amides is 1. The monoisotopic (exact) mass is 440 g/mol. The van der Waals surface area contributed by atoms with E-state index in [0.29, 0.717) is 22.4 Å². The number of para-hydroxylation sites is 1. The van der Waals surface area contributed by atoms with Gasteiger partial charge in [-0.2, -0.15) is 5.10 Å². The first-order valence-electron chi connectivity index (χ1n) is 10.3. The van der Waals surface area contributed by atoms with Crippen LogP contribution in [-0.4, -0.2) is 35.3 Å². The summed E-state index contributed by atoms with van der Waals surface area (Å²) in [5.41, 5.74) is 8.14. The van der Waals surface area contributed by atoms with Crippen molar-refractivity contribution in [3.8, 4) is 5.69 Å². The second kappa shape index (κ2) is 7.83. The van der Waals surface area contributed by atoms with Gasteiger partial charge in [-0.3, -0.25) is 14.2 Å². The topological polar surface area (TPSA) is 133 Å². The van der Waals surface area contributed by atoms with Gasteiger partial charge in [-0.25, -0.2) is 9.97 Å². The van der Waals surface area contributed by atoms with Gasteiger partial charge in [0.1, 0.15) is 11.4 Å². The molecule has 0 aliphatic rings. The molecule has 1 amide bonds. The molecule has 2 aromatic carbocycles. The van der Waals surface area contributed by atoms with Crippen LogP contribution in [0, 0.1) is 6.92 Å². The molecule has 5 rings (SSSR count). The lowest BCUT2D eigenvalue weighted by Crippen LogP contribution is -2.33. The van der Waals surface area contributed by atoms with Gasteiger partial charge in [0, 0.05) is 6.20 Å². The third kappa shape index (κ3) is 3.37. The maximum atomic E-state index is 13.6. The number of aryl methyl sites for hydroxylation is 1. The highest BCUT2D eigenvalue weighted by Crippen LogP contribution is 2.21. The normalized spacial score (nSPS) is 12.2. The molecule has 0 unspecified atom stereocenters. The van der Waals surface area contributed by atoms with Crippen LogP contribution in [0.3, 0.4) is 0 Å². The smallest absolute Gasteiger partial charge is 0.266 e. The lowest BCUT2D eigenvalue weighted by molar-refractivity contribution is 0.0940. The minimum atomic E-state index is -0.638. The number of nitrogens with zero attached hydrogens (tertiary/aromatic N) is 6. The average molecular weight is 440 g/mol. The summed E-state index contributed by atoms with van der Waals surface area (Å²) in [6.07, 6.45) is 2.90. The number of nitrogen functional groups attached to an aromatic ring is 1. The van der Waals surface area contributed by atoms with Crippen LogP contribution in [-0.2, 0) is 0 Å². The zero-order valence-electron chi connectivity index (χ0n) is 17.9. The summed E-state index contributed by atoms with van der Waals surface area (Å²) in [5, 5.41) is 11.5. The summed E-state index contributed by atoms with van der Waals surface area (Å²) in [7, 11) is 0. The highest BCUT2D eigenvalue weighted by atomic mass is 16.2. The van der Waals surface area contributed by atoms with Crippen molar-refractivity contribution >= 4 is 28.3 Å². The van der Waals surface area contributed by atoms with Gasteiger partial charge >= 0.3 is 0 Å².